The van der Waals surface area contributed by atoms with Crippen LogP contribution in [-0.4, -0.2) is 24.3 Å². The fourth-order valence-corrected chi connectivity index (χ4v) is 1.25. The summed E-state index contributed by atoms with van der Waals surface area (Å²) in [7, 11) is 0. The second-order valence-corrected chi connectivity index (χ2v) is 2.73. The van der Waals surface area contributed by atoms with E-state index in [1.54, 1.807) is 0 Å². The van der Waals surface area contributed by atoms with Crippen LogP contribution in [0.1, 0.15) is 19.3 Å². The molecule has 1 aliphatic rings. The molecule has 0 aromatic carbocycles. The van der Waals surface area contributed by atoms with Crippen LogP contribution in [0.5, 0.6) is 0 Å². The highest BCUT2D eigenvalue weighted by molar-refractivity contribution is 5.69. The molecule has 1 saturated heterocycles. The van der Waals surface area contributed by atoms with E-state index in [-0.39, 0.29) is 6.29 Å². The van der Waals surface area contributed by atoms with Gasteiger partial charge in [0, 0.05) is 19.3 Å². The second kappa shape index (κ2) is 4.11. The lowest BCUT2D eigenvalue weighted by Gasteiger charge is -2.24. The summed E-state index contributed by atoms with van der Waals surface area (Å²) in [6.45, 7) is 1.75. The third-order valence-electron chi connectivity index (χ3n) is 1.81. The van der Waals surface area contributed by atoms with Crippen molar-refractivity contribution >= 4 is 6.29 Å². The Hall–Kier alpha value is -0.860. The van der Waals surface area contributed by atoms with Gasteiger partial charge in [0.2, 0.25) is 0 Å². The van der Waals surface area contributed by atoms with Gasteiger partial charge in [0.25, 0.3) is 0 Å². The maximum absolute atomic E-state index is 12.4. The molecule has 0 amide bonds. The Balaban J connectivity index is 2.40. The smallest absolute Gasteiger partial charge is 0.179 e. The van der Waals surface area contributed by atoms with Crippen LogP contribution in [-0.2, 0) is 4.79 Å². The zero-order valence-electron chi connectivity index (χ0n) is 6.42. The van der Waals surface area contributed by atoms with Crippen LogP contribution >= 0.6 is 0 Å². The van der Waals surface area contributed by atoms with Gasteiger partial charge in [0.1, 0.15) is 0 Å². The summed E-state index contributed by atoms with van der Waals surface area (Å²) in [5.74, 6) is -0.674. The Morgan fingerprint density at radius 2 is 1.91 bits per heavy atom. The Labute approximate surface area is 65.7 Å². The van der Waals surface area contributed by atoms with E-state index in [1.165, 1.54) is 12.6 Å². The fraction of sp³-hybridized carbons (Fsp3) is 0.625. The minimum Gasteiger partial charge on any atom is -0.375 e. The molecule has 1 fully saturated rings. The molecule has 0 saturated carbocycles. The highest BCUT2D eigenvalue weighted by Crippen LogP contribution is 2.09. The van der Waals surface area contributed by atoms with Crippen molar-refractivity contribution in [2.45, 2.75) is 19.3 Å². The maximum atomic E-state index is 12.4. The number of rotatable bonds is 2. The van der Waals surface area contributed by atoms with Gasteiger partial charge >= 0.3 is 0 Å². The zero-order valence-corrected chi connectivity index (χ0v) is 6.42. The Morgan fingerprint density at radius 1 is 1.27 bits per heavy atom. The average molecular weight is 157 g/mol. The molecule has 0 atom stereocenters. The Morgan fingerprint density at radius 3 is 2.45 bits per heavy atom. The van der Waals surface area contributed by atoms with Crippen molar-refractivity contribution in [3.8, 4) is 0 Å². The molecule has 1 rings (SSSR count). The molecule has 2 nitrogen and oxygen atoms in total. The monoisotopic (exact) mass is 157 g/mol. The third-order valence-corrected chi connectivity index (χ3v) is 1.81. The van der Waals surface area contributed by atoms with Crippen molar-refractivity contribution in [1.29, 1.82) is 0 Å². The maximum Gasteiger partial charge on any atom is 0.179 e. The Kier molecular flexibility index (Phi) is 3.08. The highest BCUT2D eigenvalue weighted by atomic mass is 19.1. The van der Waals surface area contributed by atoms with Gasteiger partial charge in [0.15, 0.2) is 12.1 Å². The third kappa shape index (κ3) is 2.70. The lowest BCUT2D eigenvalue weighted by molar-refractivity contribution is -0.106. The molecule has 11 heavy (non-hydrogen) atoms. The summed E-state index contributed by atoms with van der Waals surface area (Å²) in [6.07, 6.45) is 4.96. The van der Waals surface area contributed by atoms with E-state index in [2.05, 4.69) is 0 Å². The highest BCUT2D eigenvalue weighted by Gasteiger charge is 2.06. The number of likely N-dealkylation sites (tertiary alicyclic amines) is 1. The zero-order chi connectivity index (χ0) is 8.10. The van der Waals surface area contributed by atoms with Gasteiger partial charge < -0.3 is 4.90 Å². The molecule has 62 valence electrons. The number of aldehydes is 1. The number of allylic oxidation sites excluding steroid dienone is 1. The number of halogens is 1. The first kappa shape index (κ1) is 8.24. The lowest BCUT2D eigenvalue weighted by atomic mass is 10.1. The first-order chi connectivity index (χ1) is 5.33. The first-order valence-electron chi connectivity index (χ1n) is 3.89. The number of hydrogen-bond acceptors (Lipinski definition) is 2. The van der Waals surface area contributed by atoms with Crippen LogP contribution in [0.25, 0.3) is 0 Å². The van der Waals surface area contributed by atoms with Crippen molar-refractivity contribution in [1.82, 2.24) is 4.90 Å². The summed E-state index contributed by atoms with van der Waals surface area (Å²) in [6, 6.07) is 0. The molecule has 3 heteroatoms. The van der Waals surface area contributed by atoms with Crippen molar-refractivity contribution in [3.63, 3.8) is 0 Å². The Bertz CT molecular complexity index is 161. The standard InChI is InChI=1S/C8H12FNO/c9-8(7-11)6-10-4-2-1-3-5-10/h6-7H,1-5H2/b8-6-. The van der Waals surface area contributed by atoms with E-state index < -0.39 is 5.83 Å². The van der Waals surface area contributed by atoms with E-state index in [9.17, 15) is 9.18 Å². The summed E-state index contributed by atoms with van der Waals surface area (Å²) < 4.78 is 12.4. The summed E-state index contributed by atoms with van der Waals surface area (Å²) in [5.41, 5.74) is 0. The summed E-state index contributed by atoms with van der Waals surface area (Å²) in [4.78, 5) is 11.8. The topological polar surface area (TPSA) is 20.3 Å². The van der Waals surface area contributed by atoms with Crippen molar-refractivity contribution in [2.24, 2.45) is 0 Å². The van der Waals surface area contributed by atoms with E-state index in [4.69, 9.17) is 0 Å². The summed E-state index contributed by atoms with van der Waals surface area (Å²) in [5, 5.41) is 0. The van der Waals surface area contributed by atoms with E-state index in [0.717, 1.165) is 25.9 Å². The van der Waals surface area contributed by atoms with Gasteiger partial charge in [-0.1, -0.05) is 0 Å². The fourth-order valence-electron chi connectivity index (χ4n) is 1.25. The van der Waals surface area contributed by atoms with Crippen molar-refractivity contribution in [2.75, 3.05) is 13.1 Å². The van der Waals surface area contributed by atoms with Gasteiger partial charge in [0.05, 0.1) is 0 Å². The molecule has 0 unspecified atom stereocenters. The van der Waals surface area contributed by atoms with E-state index in [0.29, 0.717) is 0 Å². The average Bonchev–Trinajstić information content (AvgIpc) is 2.06. The number of hydrogen-bond donors (Lipinski definition) is 0. The molecule has 1 aliphatic heterocycles. The van der Waals surface area contributed by atoms with E-state index in [1.807, 2.05) is 4.90 Å². The SMILES string of the molecule is O=C/C(F)=C/N1CCCCC1. The molecule has 0 aromatic rings. The molecular weight excluding hydrogens is 145 g/mol. The van der Waals surface area contributed by atoms with Crippen LogP contribution in [0, 0.1) is 0 Å². The van der Waals surface area contributed by atoms with Gasteiger partial charge in [-0.15, -0.1) is 0 Å². The van der Waals surface area contributed by atoms with Crippen molar-refractivity contribution in [3.05, 3.63) is 12.0 Å². The molecule has 0 radical (unpaired) electrons. The van der Waals surface area contributed by atoms with Crippen LogP contribution in [0.15, 0.2) is 12.0 Å². The largest absolute Gasteiger partial charge is 0.375 e. The van der Waals surface area contributed by atoms with E-state index >= 15 is 0 Å². The minimum absolute atomic E-state index is 0.245. The van der Waals surface area contributed by atoms with Gasteiger partial charge in [-0.2, -0.15) is 0 Å². The number of piperidine rings is 1. The number of carbonyl (C=O) groups is 1. The van der Waals surface area contributed by atoms with Gasteiger partial charge in [-0.3, -0.25) is 4.79 Å². The van der Waals surface area contributed by atoms with Gasteiger partial charge in [-0.25, -0.2) is 4.39 Å². The molecule has 0 aromatic heterocycles. The number of nitrogens with zero attached hydrogens (tertiary/aromatic N) is 1. The van der Waals surface area contributed by atoms with Gasteiger partial charge in [-0.05, 0) is 19.3 Å². The second-order valence-electron chi connectivity index (χ2n) is 2.73. The predicted molar refractivity (Wildman–Crippen MR) is 40.7 cm³/mol. The summed E-state index contributed by atoms with van der Waals surface area (Å²) >= 11 is 0. The predicted octanol–water partition coefficient (Wildman–Crippen LogP) is 1.48. The van der Waals surface area contributed by atoms with Crippen LogP contribution in [0.3, 0.4) is 0 Å². The molecule has 0 bridgehead atoms. The van der Waals surface area contributed by atoms with Crippen LogP contribution in [0.2, 0.25) is 0 Å². The molecule has 0 aliphatic carbocycles. The molecule has 0 spiro atoms. The quantitative estimate of drug-likeness (QED) is 0.447. The van der Waals surface area contributed by atoms with Crippen LogP contribution < -0.4 is 0 Å². The van der Waals surface area contributed by atoms with Crippen molar-refractivity contribution < 1.29 is 9.18 Å². The normalized spacial score (nSPS) is 20.1. The molecule has 1 heterocycles. The minimum atomic E-state index is -0.674. The number of carbonyl (C=O) groups excluding carboxylic acids is 1. The molecular formula is C8H12FNO. The lowest BCUT2D eigenvalue weighted by Crippen LogP contribution is -2.24. The molecule has 0 N–H and O–H groups in total. The first-order valence-corrected chi connectivity index (χ1v) is 3.89. The van der Waals surface area contributed by atoms with Crippen LogP contribution in [0.4, 0.5) is 4.39 Å².